The molecule has 2 heterocycles. The molecule has 1 aromatic rings. The van der Waals surface area contributed by atoms with Gasteiger partial charge in [0.2, 0.25) is 0 Å². The van der Waals surface area contributed by atoms with Gasteiger partial charge in [0.25, 0.3) is 0 Å². The van der Waals surface area contributed by atoms with Crippen LogP contribution in [0.25, 0.3) is 0 Å². The first-order valence-electron chi connectivity index (χ1n) is 5.67. The van der Waals surface area contributed by atoms with Gasteiger partial charge in [0.05, 0.1) is 4.90 Å². The highest BCUT2D eigenvalue weighted by molar-refractivity contribution is 7.92. The Morgan fingerprint density at radius 2 is 1.94 bits per heavy atom. The van der Waals surface area contributed by atoms with Crippen molar-refractivity contribution in [3.05, 3.63) is 29.8 Å². The van der Waals surface area contributed by atoms with Crippen LogP contribution in [-0.4, -0.2) is 31.3 Å². The molecular weight excluding hydrogens is 222 g/mol. The Labute approximate surface area is 96.0 Å². The molecule has 1 aromatic carbocycles. The minimum atomic E-state index is -3.12. The predicted octanol–water partition coefficient (Wildman–Crippen LogP) is 1.57. The van der Waals surface area contributed by atoms with Crippen molar-refractivity contribution in [2.75, 3.05) is 6.54 Å². The molecule has 0 bridgehead atoms. The number of nitrogens with zero attached hydrogens (tertiary/aromatic N) is 1. The minimum absolute atomic E-state index is 0.232. The topological polar surface area (TPSA) is 37.1 Å². The molecule has 3 rings (SSSR count). The van der Waals surface area contributed by atoms with E-state index >= 15 is 0 Å². The summed E-state index contributed by atoms with van der Waals surface area (Å²) in [5.74, 6) is 0. The molecule has 0 amide bonds. The first kappa shape index (κ1) is 10.3. The summed E-state index contributed by atoms with van der Waals surface area (Å²) in [7, 11) is -3.12. The summed E-state index contributed by atoms with van der Waals surface area (Å²) in [5, 5.41) is -0.232. The highest BCUT2D eigenvalue weighted by Crippen LogP contribution is 2.43. The molecule has 2 saturated heterocycles. The van der Waals surface area contributed by atoms with Crippen molar-refractivity contribution in [2.45, 2.75) is 36.1 Å². The van der Waals surface area contributed by atoms with Gasteiger partial charge < -0.3 is 0 Å². The Hall–Kier alpha value is -0.870. The molecule has 3 nitrogen and oxygen atoms in total. The fourth-order valence-corrected chi connectivity index (χ4v) is 4.69. The van der Waals surface area contributed by atoms with Gasteiger partial charge in [-0.1, -0.05) is 17.7 Å². The van der Waals surface area contributed by atoms with E-state index in [1.54, 1.807) is 12.1 Å². The van der Waals surface area contributed by atoms with E-state index in [0.29, 0.717) is 10.9 Å². The Balaban J connectivity index is 1.92. The van der Waals surface area contributed by atoms with E-state index in [2.05, 4.69) is 4.90 Å². The minimum Gasteiger partial charge on any atom is -0.280 e. The predicted molar refractivity (Wildman–Crippen MR) is 61.9 cm³/mol. The molecule has 0 radical (unpaired) electrons. The number of fused-ring (bicyclic) bond motifs is 1. The molecule has 16 heavy (non-hydrogen) atoms. The third-order valence-corrected chi connectivity index (χ3v) is 5.73. The molecule has 86 valence electrons. The van der Waals surface area contributed by atoms with E-state index in [-0.39, 0.29) is 5.37 Å². The molecule has 0 N–H and O–H groups in total. The van der Waals surface area contributed by atoms with Crippen LogP contribution in [0.15, 0.2) is 29.2 Å². The lowest BCUT2D eigenvalue weighted by Crippen LogP contribution is -2.16. The van der Waals surface area contributed by atoms with E-state index in [1.807, 2.05) is 19.1 Å². The molecule has 4 heteroatoms. The van der Waals surface area contributed by atoms with Gasteiger partial charge in [0.1, 0.15) is 5.37 Å². The lowest BCUT2D eigenvalue weighted by molar-refractivity contribution is 0.545. The molecule has 2 aliphatic rings. The van der Waals surface area contributed by atoms with Crippen LogP contribution in [0, 0.1) is 6.92 Å². The van der Waals surface area contributed by atoms with E-state index in [4.69, 9.17) is 0 Å². The maximum atomic E-state index is 12.3. The molecule has 0 spiro atoms. The van der Waals surface area contributed by atoms with Crippen molar-refractivity contribution in [2.24, 2.45) is 0 Å². The number of rotatable bonds is 2. The summed E-state index contributed by atoms with van der Waals surface area (Å²) in [6, 6.07) is 7.46. The van der Waals surface area contributed by atoms with Gasteiger partial charge in [-0.15, -0.1) is 0 Å². The van der Waals surface area contributed by atoms with Crippen LogP contribution >= 0.6 is 0 Å². The van der Waals surface area contributed by atoms with Gasteiger partial charge in [0, 0.05) is 6.04 Å². The summed E-state index contributed by atoms with van der Waals surface area (Å²) in [4.78, 5) is 2.56. The lowest BCUT2D eigenvalue weighted by Gasteiger charge is -2.06. The van der Waals surface area contributed by atoms with Crippen molar-refractivity contribution in [3.63, 3.8) is 0 Å². The SMILES string of the molecule is Cc1ccc(S(=O)(=O)C2C3CCCN32)cc1. The van der Waals surface area contributed by atoms with Crippen molar-refractivity contribution in [1.82, 2.24) is 4.90 Å². The molecule has 0 aliphatic carbocycles. The smallest absolute Gasteiger partial charge is 0.196 e. The van der Waals surface area contributed by atoms with Gasteiger partial charge in [-0.05, 0) is 38.4 Å². The second kappa shape index (κ2) is 3.31. The zero-order valence-corrected chi connectivity index (χ0v) is 10.1. The Kier molecular flexibility index (Phi) is 2.13. The summed E-state index contributed by atoms with van der Waals surface area (Å²) in [5.41, 5.74) is 1.09. The highest BCUT2D eigenvalue weighted by atomic mass is 32.2. The van der Waals surface area contributed by atoms with Crippen LogP contribution in [0.2, 0.25) is 0 Å². The number of piperidine rings is 1. The van der Waals surface area contributed by atoms with Gasteiger partial charge >= 0.3 is 0 Å². The largest absolute Gasteiger partial charge is 0.280 e. The van der Waals surface area contributed by atoms with E-state index in [0.717, 1.165) is 24.9 Å². The fraction of sp³-hybridized carbons (Fsp3) is 0.500. The average molecular weight is 237 g/mol. The van der Waals surface area contributed by atoms with Crippen LogP contribution in [0.5, 0.6) is 0 Å². The second-order valence-corrected chi connectivity index (χ2v) is 6.74. The average Bonchev–Trinajstić information content (AvgIpc) is 2.77. The molecule has 3 atom stereocenters. The third kappa shape index (κ3) is 1.40. The first-order valence-corrected chi connectivity index (χ1v) is 7.22. The van der Waals surface area contributed by atoms with E-state index < -0.39 is 9.84 Å². The highest BCUT2D eigenvalue weighted by Gasteiger charge is 2.58. The zero-order chi connectivity index (χ0) is 11.3. The van der Waals surface area contributed by atoms with E-state index in [9.17, 15) is 8.42 Å². The monoisotopic (exact) mass is 237 g/mol. The normalized spacial score (nSPS) is 32.4. The maximum absolute atomic E-state index is 12.3. The van der Waals surface area contributed by atoms with Crippen LogP contribution in [-0.2, 0) is 9.84 Å². The molecule has 0 saturated carbocycles. The Morgan fingerprint density at radius 1 is 1.25 bits per heavy atom. The van der Waals surface area contributed by atoms with Gasteiger partial charge in [-0.3, -0.25) is 4.90 Å². The van der Waals surface area contributed by atoms with Crippen molar-refractivity contribution < 1.29 is 8.42 Å². The van der Waals surface area contributed by atoms with Crippen LogP contribution in [0.1, 0.15) is 18.4 Å². The summed E-state index contributed by atoms with van der Waals surface area (Å²) >= 11 is 0. The third-order valence-electron chi connectivity index (χ3n) is 3.58. The van der Waals surface area contributed by atoms with Crippen molar-refractivity contribution in [1.29, 1.82) is 0 Å². The second-order valence-electron chi connectivity index (χ2n) is 4.70. The molecule has 2 aliphatic heterocycles. The fourth-order valence-electron chi connectivity index (χ4n) is 2.64. The van der Waals surface area contributed by atoms with Crippen molar-refractivity contribution in [3.8, 4) is 0 Å². The summed E-state index contributed by atoms with van der Waals surface area (Å²) in [6.45, 7) is 2.91. The standard InChI is InChI=1S/C12H15NO2S/c1-9-4-6-10(7-5-9)16(14,15)12-11-3-2-8-13(11)12/h4-7,11-12H,2-3,8H2,1H3. The number of aryl methyl sites for hydroxylation is 1. The van der Waals surface area contributed by atoms with Gasteiger partial charge in [0.15, 0.2) is 9.84 Å². The Morgan fingerprint density at radius 3 is 2.50 bits per heavy atom. The van der Waals surface area contributed by atoms with Crippen molar-refractivity contribution >= 4 is 9.84 Å². The molecule has 3 unspecified atom stereocenters. The zero-order valence-electron chi connectivity index (χ0n) is 9.26. The van der Waals surface area contributed by atoms with Gasteiger partial charge in [-0.25, -0.2) is 8.42 Å². The van der Waals surface area contributed by atoms with Crippen LogP contribution in [0.3, 0.4) is 0 Å². The summed E-state index contributed by atoms with van der Waals surface area (Å²) < 4.78 is 24.6. The van der Waals surface area contributed by atoms with Gasteiger partial charge in [-0.2, -0.15) is 0 Å². The first-order chi connectivity index (χ1) is 7.60. The van der Waals surface area contributed by atoms with Crippen LogP contribution in [0.4, 0.5) is 0 Å². The quantitative estimate of drug-likeness (QED) is 0.733. The molecule has 2 fully saturated rings. The Bertz CT molecular complexity index is 496. The lowest BCUT2D eigenvalue weighted by atomic mass is 10.2. The molecular formula is C12H15NO2S. The molecule has 0 aromatic heterocycles. The number of hydrogen-bond donors (Lipinski definition) is 0. The van der Waals surface area contributed by atoms with E-state index in [1.165, 1.54) is 0 Å². The van der Waals surface area contributed by atoms with Crippen LogP contribution < -0.4 is 0 Å². The summed E-state index contributed by atoms with van der Waals surface area (Å²) in [6.07, 6.45) is 2.18. The number of hydrogen-bond acceptors (Lipinski definition) is 3. The number of benzene rings is 1. The maximum Gasteiger partial charge on any atom is 0.196 e. The number of sulfone groups is 1.